The summed E-state index contributed by atoms with van der Waals surface area (Å²) in [5.41, 5.74) is 1.39. The number of hydrogen-bond donors (Lipinski definition) is 3. The lowest BCUT2D eigenvalue weighted by atomic mass is 10.1. The molecule has 38 heavy (non-hydrogen) atoms. The van der Waals surface area contributed by atoms with Gasteiger partial charge in [-0.1, -0.05) is 12.1 Å². The third-order valence-electron chi connectivity index (χ3n) is 5.75. The minimum Gasteiger partial charge on any atom is -0.495 e. The van der Waals surface area contributed by atoms with Crippen molar-refractivity contribution in [3.63, 3.8) is 0 Å². The Morgan fingerprint density at radius 1 is 0.974 bits per heavy atom. The highest BCUT2D eigenvalue weighted by Gasteiger charge is 2.29. The predicted octanol–water partition coefficient (Wildman–Crippen LogP) is 3.16. The number of benzene rings is 3. The molecule has 0 aliphatic carbocycles. The Balaban J connectivity index is 1.43. The molecular formula is C26H27FN4O6S. The number of amides is 2. The van der Waals surface area contributed by atoms with Gasteiger partial charge in [0.15, 0.2) is 0 Å². The van der Waals surface area contributed by atoms with Gasteiger partial charge in [0.25, 0.3) is 5.91 Å². The van der Waals surface area contributed by atoms with Crippen LogP contribution in [0.25, 0.3) is 0 Å². The number of anilines is 3. The summed E-state index contributed by atoms with van der Waals surface area (Å²) in [7, 11) is -2.49. The Kier molecular flexibility index (Phi) is 8.56. The lowest BCUT2D eigenvalue weighted by molar-refractivity contribution is -0.114. The van der Waals surface area contributed by atoms with Crippen LogP contribution < -0.4 is 20.7 Å². The van der Waals surface area contributed by atoms with Crippen molar-refractivity contribution in [1.29, 1.82) is 0 Å². The average molecular weight is 543 g/mol. The van der Waals surface area contributed by atoms with Crippen LogP contribution in [0, 0.1) is 5.82 Å². The van der Waals surface area contributed by atoms with E-state index in [0.717, 1.165) is 0 Å². The highest BCUT2D eigenvalue weighted by atomic mass is 32.2. The highest BCUT2D eigenvalue weighted by Crippen LogP contribution is 2.30. The third-order valence-corrected chi connectivity index (χ3v) is 7.67. The van der Waals surface area contributed by atoms with Crippen LogP contribution in [0.2, 0.25) is 0 Å². The van der Waals surface area contributed by atoms with Crippen molar-refractivity contribution < 1.29 is 31.9 Å². The molecule has 1 heterocycles. The Morgan fingerprint density at radius 3 is 2.37 bits per heavy atom. The van der Waals surface area contributed by atoms with E-state index in [0.29, 0.717) is 24.6 Å². The minimum atomic E-state index is -3.87. The second-order valence-corrected chi connectivity index (χ2v) is 10.2. The van der Waals surface area contributed by atoms with Crippen LogP contribution >= 0.6 is 0 Å². The van der Waals surface area contributed by atoms with Crippen LogP contribution in [0.3, 0.4) is 0 Å². The van der Waals surface area contributed by atoms with Gasteiger partial charge in [-0.3, -0.25) is 9.59 Å². The molecule has 3 N–H and O–H groups in total. The molecule has 10 nitrogen and oxygen atoms in total. The van der Waals surface area contributed by atoms with Crippen molar-refractivity contribution in [2.24, 2.45) is 0 Å². The zero-order valence-electron chi connectivity index (χ0n) is 20.6. The van der Waals surface area contributed by atoms with E-state index in [1.165, 1.54) is 47.8 Å². The van der Waals surface area contributed by atoms with Gasteiger partial charge in [-0.25, -0.2) is 12.8 Å². The second kappa shape index (κ2) is 12.0. The maximum Gasteiger partial charge on any atom is 0.257 e. The molecule has 200 valence electrons. The number of nitrogens with one attached hydrogen (secondary N) is 3. The van der Waals surface area contributed by atoms with Gasteiger partial charge >= 0.3 is 0 Å². The molecule has 0 radical (unpaired) electrons. The smallest absolute Gasteiger partial charge is 0.257 e. The van der Waals surface area contributed by atoms with Gasteiger partial charge in [-0.05, 0) is 54.6 Å². The zero-order chi connectivity index (χ0) is 27.1. The van der Waals surface area contributed by atoms with Crippen molar-refractivity contribution in [2.45, 2.75) is 4.90 Å². The van der Waals surface area contributed by atoms with Crippen LogP contribution in [0.5, 0.6) is 5.75 Å². The molecule has 1 aliphatic rings. The first kappa shape index (κ1) is 27.0. The van der Waals surface area contributed by atoms with Gasteiger partial charge in [-0.2, -0.15) is 4.31 Å². The van der Waals surface area contributed by atoms with Gasteiger partial charge in [0.05, 0.1) is 32.4 Å². The molecule has 3 aromatic carbocycles. The number of hydrogen-bond acceptors (Lipinski definition) is 7. The number of halogens is 1. The molecule has 12 heteroatoms. The fourth-order valence-corrected chi connectivity index (χ4v) is 5.42. The van der Waals surface area contributed by atoms with Crippen molar-refractivity contribution in [3.05, 3.63) is 78.1 Å². The standard InChI is InChI=1S/C26H27FN4O6S/c1-36-23-11-10-20(16-24(23)38(34,35)31-12-14-37-15-13-31)29-25(32)17-28-22-5-3-2-4-21(22)26(33)30-19-8-6-18(27)7-9-19/h2-11,16,28H,12-15,17H2,1H3,(H,29,32)(H,30,33). The fourth-order valence-electron chi connectivity index (χ4n) is 3.83. The van der Waals surface area contributed by atoms with Crippen LogP contribution in [-0.4, -0.2) is 64.5 Å². The first-order valence-electron chi connectivity index (χ1n) is 11.7. The summed E-state index contributed by atoms with van der Waals surface area (Å²) < 4.78 is 51.3. The lowest BCUT2D eigenvalue weighted by Gasteiger charge is -2.26. The number of nitrogens with zero attached hydrogens (tertiary/aromatic N) is 1. The first-order valence-corrected chi connectivity index (χ1v) is 13.2. The van der Waals surface area contributed by atoms with E-state index in [9.17, 15) is 22.4 Å². The molecule has 0 atom stereocenters. The molecule has 1 aliphatic heterocycles. The Hall–Kier alpha value is -4.00. The molecular weight excluding hydrogens is 515 g/mol. The van der Waals surface area contributed by atoms with Crippen LogP contribution in [0.4, 0.5) is 21.5 Å². The lowest BCUT2D eigenvalue weighted by Crippen LogP contribution is -2.40. The Labute approximate surface area is 219 Å². The van der Waals surface area contributed by atoms with E-state index in [4.69, 9.17) is 9.47 Å². The van der Waals surface area contributed by atoms with Crippen LogP contribution in [0.15, 0.2) is 71.6 Å². The first-order chi connectivity index (χ1) is 18.3. The number of sulfonamides is 1. The normalized spacial score (nSPS) is 13.9. The van der Waals surface area contributed by atoms with E-state index in [2.05, 4.69) is 16.0 Å². The van der Waals surface area contributed by atoms with Gasteiger partial charge in [0.2, 0.25) is 15.9 Å². The summed E-state index contributed by atoms with van der Waals surface area (Å²) in [6.07, 6.45) is 0. The summed E-state index contributed by atoms with van der Waals surface area (Å²) in [4.78, 5) is 25.4. The van der Waals surface area contributed by atoms with E-state index in [1.807, 2.05) is 0 Å². The number of rotatable bonds is 9. The molecule has 0 spiro atoms. The van der Waals surface area contributed by atoms with E-state index in [1.54, 1.807) is 30.3 Å². The summed E-state index contributed by atoms with van der Waals surface area (Å²) in [6, 6.07) is 16.4. The summed E-state index contributed by atoms with van der Waals surface area (Å²) in [5.74, 6) is -1.15. The molecule has 4 rings (SSSR count). The number of ether oxygens (including phenoxy) is 2. The van der Waals surface area contributed by atoms with Crippen LogP contribution in [0.1, 0.15) is 10.4 Å². The topological polar surface area (TPSA) is 126 Å². The Bertz CT molecular complexity index is 1410. The summed E-state index contributed by atoms with van der Waals surface area (Å²) in [5, 5.41) is 8.29. The summed E-state index contributed by atoms with van der Waals surface area (Å²) in [6.45, 7) is 0.846. The highest BCUT2D eigenvalue weighted by molar-refractivity contribution is 7.89. The van der Waals surface area contributed by atoms with Gasteiger partial charge in [0, 0.05) is 30.2 Å². The fraction of sp³-hybridized carbons (Fsp3) is 0.231. The maximum atomic E-state index is 13.2. The molecule has 0 aromatic heterocycles. The Morgan fingerprint density at radius 2 is 1.66 bits per heavy atom. The number of para-hydroxylation sites is 1. The van der Waals surface area contributed by atoms with Gasteiger partial charge in [-0.15, -0.1) is 0 Å². The minimum absolute atomic E-state index is 0.0598. The molecule has 0 bridgehead atoms. The van der Waals surface area contributed by atoms with E-state index >= 15 is 0 Å². The molecule has 0 unspecified atom stereocenters. The molecule has 2 amide bonds. The number of carbonyl (C=O) groups is 2. The van der Waals surface area contributed by atoms with Crippen molar-refractivity contribution >= 4 is 38.9 Å². The SMILES string of the molecule is COc1ccc(NC(=O)CNc2ccccc2C(=O)Nc2ccc(F)cc2)cc1S(=O)(=O)N1CCOCC1. The molecule has 0 saturated carbocycles. The number of morpholine rings is 1. The van der Waals surface area contributed by atoms with Gasteiger partial charge in [0.1, 0.15) is 16.5 Å². The molecule has 1 fully saturated rings. The predicted molar refractivity (Wildman–Crippen MR) is 140 cm³/mol. The molecule has 1 saturated heterocycles. The largest absolute Gasteiger partial charge is 0.495 e. The van der Waals surface area contributed by atoms with Gasteiger partial charge < -0.3 is 25.4 Å². The quantitative estimate of drug-likeness (QED) is 0.379. The van der Waals surface area contributed by atoms with E-state index < -0.39 is 27.7 Å². The monoisotopic (exact) mass is 542 g/mol. The maximum absolute atomic E-state index is 13.2. The van der Waals surface area contributed by atoms with Crippen molar-refractivity contribution in [2.75, 3.05) is 55.9 Å². The number of methoxy groups -OCH3 is 1. The molecule has 3 aromatic rings. The third kappa shape index (κ3) is 6.46. The number of carbonyl (C=O) groups excluding carboxylic acids is 2. The zero-order valence-corrected chi connectivity index (χ0v) is 21.4. The van der Waals surface area contributed by atoms with Crippen molar-refractivity contribution in [3.8, 4) is 5.75 Å². The van der Waals surface area contributed by atoms with E-state index in [-0.39, 0.29) is 41.5 Å². The van der Waals surface area contributed by atoms with Crippen LogP contribution in [-0.2, 0) is 19.6 Å². The summed E-state index contributed by atoms with van der Waals surface area (Å²) >= 11 is 0. The average Bonchev–Trinajstić information content (AvgIpc) is 2.93. The second-order valence-electron chi connectivity index (χ2n) is 8.29. The van der Waals surface area contributed by atoms with Crippen molar-refractivity contribution in [1.82, 2.24) is 4.31 Å².